The zero-order valence-electron chi connectivity index (χ0n) is 14.5. The van der Waals surface area contributed by atoms with E-state index in [-0.39, 0.29) is 11.7 Å². The van der Waals surface area contributed by atoms with Crippen LogP contribution in [0, 0.1) is 0 Å². The highest BCUT2D eigenvalue weighted by atomic mass is 16.6. The van der Waals surface area contributed by atoms with Gasteiger partial charge >= 0.3 is 6.09 Å². The molecule has 1 atom stereocenters. The van der Waals surface area contributed by atoms with E-state index < -0.39 is 0 Å². The van der Waals surface area contributed by atoms with Gasteiger partial charge in [0, 0.05) is 26.2 Å². The number of methoxy groups -OCH3 is 1. The van der Waals surface area contributed by atoms with Crippen molar-refractivity contribution in [2.45, 2.75) is 24.9 Å². The Morgan fingerprint density at radius 1 is 1.29 bits per heavy atom. The maximum atomic E-state index is 11.7. The lowest BCUT2D eigenvalue weighted by Gasteiger charge is -2.38. The molecule has 132 valence electrons. The van der Waals surface area contributed by atoms with Gasteiger partial charge in [-0.15, -0.1) is 0 Å². The van der Waals surface area contributed by atoms with Crippen LogP contribution in [0.2, 0.25) is 0 Å². The van der Waals surface area contributed by atoms with Gasteiger partial charge in [-0.3, -0.25) is 4.90 Å². The third-order valence-corrected chi connectivity index (χ3v) is 4.69. The van der Waals surface area contributed by atoms with E-state index in [1.807, 2.05) is 24.3 Å². The average molecular weight is 334 g/mol. The standard InChI is InChI=1S/C18H26N2O4/c1-19-13-18(24-17(19)21)8-4-9-20(14-18)10-5-11-23-16-7-3-6-15(12-16)22-2/h3,6-7,12H,4-5,8-11,13-14H2,1-2H3/t18-/m0/s1. The Kier molecular flexibility index (Phi) is 5.14. The summed E-state index contributed by atoms with van der Waals surface area (Å²) >= 11 is 0. The summed E-state index contributed by atoms with van der Waals surface area (Å²) in [6.45, 7) is 4.19. The van der Waals surface area contributed by atoms with E-state index in [0.717, 1.165) is 50.4 Å². The molecule has 3 rings (SSSR count). The van der Waals surface area contributed by atoms with Gasteiger partial charge in [-0.25, -0.2) is 4.79 Å². The molecule has 2 heterocycles. The molecule has 6 heteroatoms. The number of carbonyl (C=O) groups is 1. The van der Waals surface area contributed by atoms with E-state index in [9.17, 15) is 4.79 Å². The number of nitrogens with zero attached hydrogens (tertiary/aromatic N) is 2. The van der Waals surface area contributed by atoms with Gasteiger partial charge in [-0.05, 0) is 37.9 Å². The minimum atomic E-state index is -0.308. The van der Waals surface area contributed by atoms with E-state index in [0.29, 0.717) is 13.2 Å². The molecule has 1 aromatic rings. The summed E-state index contributed by atoms with van der Waals surface area (Å²) in [6.07, 6.45) is 2.77. The largest absolute Gasteiger partial charge is 0.497 e. The molecule has 0 radical (unpaired) electrons. The number of ether oxygens (including phenoxy) is 3. The highest BCUT2D eigenvalue weighted by Crippen LogP contribution is 2.31. The number of likely N-dealkylation sites (N-methyl/N-ethyl adjacent to an activating group) is 1. The lowest BCUT2D eigenvalue weighted by molar-refractivity contribution is -0.00979. The Morgan fingerprint density at radius 2 is 2.12 bits per heavy atom. The fourth-order valence-corrected chi connectivity index (χ4v) is 3.56. The van der Waals surface area contributed by atoms with Gasteiger partial charge in [0.15, 0.2) is 0 Å². The number of carbonyl (C=O) groups excluding carboxylic acids is 1. The molecule has 0 aromatic heterocycles. The molecule has 0 unspecified atom stereocenters. The second-order valence-corrected chi connectivity index (χ2v) is 6.67. The van der Waals surface area contributed by atoms with Crippen molar-refractivity contribution in [3.05, 3.63) is 24.3 Å². The monoisotopic (exact) mass is 334 g/mol. The van der Waals surface area contributed by atoms with Crippen LogP contribution in [0.4, 0.5) is 4.79 Å². The summed E-state index contributed by atoms with van der Waals surface area (Å²) in [5.41, 5.74) is -0.308. The third-order valence-electron chi connectivity index (χ3n) is 4.69. The van der Waals surface area contributed by atoms with Gasteiger partial charge in [0.25, 0.3) is 0 Å². The van der Waals surface area contributed by atoms with E-state index in [1.54, 1.807) is 19.1 Å². The maximum Gasteiger partial charge on any atom is 0.410 e. The summed E-state index contributed by atoms with van der Waals surface area (Å²) in [4.78, 5) is 15.7. The minimum absolute atomic E-state index is 0.196. The van der Waals surface area contributed by atoms with Crippen molar-refractivity contribution >= 4 is 6.09 Å². The number of benzene rings is 1. The van der Waals surface area contributed by atoms with Crippen molar-refractivity contribution in [3.8, 4) is 11.5 Å². The predicted octanol–water partition coefficient (Wildman–Crippen LogP) is 2.38. The molecule has 2 aliphatic rings. The van der Waals surface area contributed by atoms with Gasteiger partial charge in [-0.1, -0.05) is 6.07 Å². The first-order valence-corrected chi connectivity index (χ1v) is 8.54. The van der Waals surface area contributed by atoms with Gasteiger partial charge in [0.05, 0.1) is 20.3 Å². The number of hydrogen-bond acceptors (Lipinski definition) is 5. The summed E-state index contributed by atoms with van der Waals surface area (Å²) in [7, 11) is 3.45. The molecule has 0 aliphatic carbocycles. The Morgan fingerprint density at radius 3 is 2.88 bits per heavy atom. The van der Waals surface area contributed by atoms with Crippen LogP contribution in [-0.2, 0) is 4.74 Å². The van der Waals surface area contributed by atoms with Crippen LogP contribution in [0.1, 0.15) is 19.3 Å². The van der Waals surface area contributed by atoms with Crippen LogP contribution >= 0.6 is 0 Å². The van der Waals surface area contributed by atoms with Gasteiger partial charge in [0.2, 0.25) is 0 Å². The van der Waals surface area contributed by atoms with Crippen LogP contribution in [0.25, 0.3) is 0 Å². The summed E-state index contributed by atoms with van der Waals surface area (Å²) in [5.74, 6) is 1.63. The molecule has 2 aliphatic heterocycles. The zero-order chi connectivity index (χ0) is 17.0. The van der Waals surface area contributed by atoms with Crippen molar-refractivity contribution < 1.29 is 19.0 Å². The Labute approximate surface area is 143 Å². The highest BCUT2D eigenvalue weighted by molar-refractivity contribution is 5.70. The van der Waals surface area contributed by atoms with Crippen LogP contribution < -0.4 is 9.47 Å². The van der Waals surface area contributed by atoms with Crippen molar-refractivity contribution in [3.63, 3.8) is 0 Å². The average Bonchev–Trinajstić information content (AvgIpc) is 2.85. The number of hydrogen-bond donors (Lipinski definition) is 0. The van der Waals surface area contributed by atoms with Crippen molar-refractivity contribution in [2.75, 3.05) is 46.9 Å². The maximum absolute atomic E-state index is 11.7. The fraction of sp³-hybridized carbons (Fsp3) is 0.611. The molecule has 2 fully saturated rings. The predicted molar refractivity (Wildman–Crippen MR) is 90.6 cm³/mol. The Bertz CT molecular complexity index is 580. The van der Waals surface area contributed by atoms with E-state index in [2.05, 4.69) is 4.90 Å². The highest BCUT2D eigenvalue weighted by Gasteiger charge is 2.46. The number of amides is 1. The molecule has 1 spiro atoms. The molecule has 0 bridgehead atoms. The van der Waals surface area contributed by atoms with Crippen LogP contribution in [0.3, 0.4) is 0 Å². The summed E-state index contributed by atoms with van der Waals surface area (Å²) in [6, 6.07) is 7.66. The number of piperidine rings is 1. The number of likely N-dealkylation sites (tertiary alicyclic amines) is 1. The Hall–Kier alpha value is -1.95. The summed E-state index contributed by atoms with van der Waals surface area (Å²) < 4.78 is 16.6. The molecule has 0 N–H and O–H groups in total. The van der Waals surface area contributed by atoms with Crippen molar-refractivity contribution in [2.24, 2.45) is 0 Å². The topological polar surface area (TPSA) is 51.2 Å². The fourth-order valence-electron chi connectivity index (χ4n) is 3.56. The van der Waals surface area contributed by atoms with E-state index in [1.165, 1.54) is 0 Å². The quantitative estimate of drug-likeness (QED) is 0.748. The minimum Gasteiger partial charge on any atom is -0.497 e. The molecular formula is C18H26N2O4. The molecule has 6 nitrogen and oxygen atoms in total. The Balaban J connectivity index is 1.43. The first kappa shape index (κ1) is 16.9. The SMILES string of the molecule is COc1cccc(OCCCN2CCC[C@@]3(C2)CN(C)C(=O)O3)c1. The van der Waals surface area contributed by atoms with E-state index in [4.69, 9.17) is 14.2 Å². The van der Waals surface area contributed by atoms with Gasteiger partial charge < -0.3 is 19.1 Å². The van der Waals surface area contributed by atoms with Crippen molar-refractivity contribution in [1.29, 1.82) is 0 Å². The summed E-state index contributed by atoms with van der Waals surface area (Å²) in [5, 5.41) is 0. The smallest absolute Gasteiger partial charge is 0.410 e. The first-order valence-electron chi connectivity index (χ1n) is 8.54. The third kappa shape index (κ3) is 3.93. The zero-order valence-corrected chi connectivity index (χ0v) is 14.5. The molecular weight excluding hydrogens is 308 g/mol. The van der Waals surface area contributed by atoms with Crippen LogP contribution in [0.5, 0.6) is 11.5 Å². The van der Waals surface area contributed by atoms with Crippen LogP contribution in [-0.4, -0.2) is 68.4 Å². The van der Waals surface area contributed by atoms with E-state index >= 15 is 0 Å². The molecule has 2 saturated heterocycles. The lowest BCUT2D eigenvalue weighted by atomic mass is 9.93. The second kappa shape index (κ2) is 7.30. The molecule has 0 saturated carbocycles. The number of rotatable bonds is 6. The van der Waals surface area contributed by atoms with Gasteiger partial charge in [0.1, 0.15) is 17.1 Å². The van der Waals surface area contributed by atoms with Crippen LogP contribution in [0.15, 0.2) is 24.3 Å². The first-order chi connectivity index (χ1) is 11.6. The molecule has 24 heavy (non-hydrogen) atoms. The second-order valence-electron chi connectivity index (χ2n) is 6.67. The van der Waals surface area contributed by atoms with Crippen molar-refractivity contribution in [1.82, 2.24) is 9.80 Å². The molecule has 1 aromatic carbocycles. The van der Waals surface area contributed by atoms with Gasteiger partial charge in [-0.2, -0.15) is 0 Å². The lowest BCUT2D eigenvalue weighted by Crippen LogP contribution is -2.50. The normalized spacial score (nSPS) is 24.2. The molecule has 1 amide bonds.